The second-order valence-electron chi connectivity index (χ2n) is 8.20. The van der Waals surface area contributed by atoms with Crippen molar-refractivity contribution in [2.75, 3.05) is 12.8 Å². The monoisotopic (exact) mass is 474 g/mol. The number of carbonyl (C=O) groups is 1. The number of carbonyl (C=O) groups excluding carboxylic acids is 1. The SMILES string of the molecule is CSN[C@@H]1[C@H](Cc2cccc(-c3cccc(F)c3F)c2F)N(C(=O)C(C)(C)O)CC1(F)F. The van der Waals surface area contributed by atoms with Crippen LogP contribution in [0.4, 0.5) is 22.0 Å². The summed E-state index contributed by atoms with van der Waals surface area (Å²) in [6.07, 6.45) is 1.22. The van der Waals surface area contributed by atoms with E-state index in [-0.39, 0.29) is 23.1 Å². The second kappa shape index (κ2) is 8.99. The van der Waals surface area contributed by atoms with Crippen molar-refractivity contribution < 1.29 is 31.9 Å². The summed E-state index contributed by atoms with van der Waals surface area (Å²) in [6, 6.07) is 4.65. The first-order valence-corrected chi connectivity index (χ1v) is 11.0. The van der Waals surface area contributed by atoms with E-state index in [9.17, 15) is 27.5 Å². The molecule has 2 aromatic carbocycles. The molecule has 174 valence electrons. The Bertz CT molecular complexity index is 1010. The van der Waals surface area contributed by atoms with Gasteiger partial charge in [0.15, 0.2) is 11.6 Å². The van der Waals surface area contributed by atoms with Gasteiger partial charge in [-0.3, -0.25) is 9.52 Å². The number of rotatable bonds is 6. The molecular weight excluding hydrogens is 451 g/mol. The van der Waals surface area contributed by atoms with E-state index < -0.39 is 53.5 Å². The van der Waals surface area contributed by atoms with Crippen molar-refractivity contribution in [3.8, 4) is 11.1 Å². The van der Waals surface area contributed by atoms with E-state index in [1.54, 1.807) is 6.26 Å². The normalized spacial score (nSPS) is 20.6. The van der Waals surface area contributed by atoms with Gasteiger partial charge >= 0.3 is 0 Å². The fraction of sp³-hybridized carbons (Fsp3) is 0.409. The van der Waals surface area contributed by atoms with Crippen LogP contribution in [0, 0.1) is 17.5 Å². The number of alkyl halides is 2. The van der Waals surface area contributed by atoms with Gasteiger partial charge in [0, 0.05) is 11.1 Å². The van der Waals surface area contributed by atoms with Crippen LogP contribution < -0.4 is 4.72 Å². The van der Waals surface area contributed by atoms with E-state index in [0.717, 1.165) is 22.9 Å². The number of hydrogen-bond acceptors (Lipinski definition) is 4. The topological polar surface area (TPSA) is 52.6 Å². The molecule has 0 aliphatic carbocycles. The molecule has 4 nitrogen and oxygen atoms in total. The maximum Gasteiger partial charge on any atom is 0.283 e. The summed E-state index contributed by atoms with van der Waals surface area (Å²) >= 11 is 0.929. The van der Waals surface area contributed by atoms with E-state index in [0.29, 0.717) is 0 Å². The predicted molar refractivity (Wildman–Crippen MR) is 113 cm³/mol. The molecule has 2 atom stereocenters. The Morgan fingerprint density at radius 2 is 1.75 bits per heavy atom. The number of nitrogens with zero attached hydrogens (tertiary/aromatic N) is 1. The minimum absolute atomic E-state index is 0.0460. The third-order valence-corrected chi connectivity index (χ3v) is 5.89. The lowest BCUT2D eigenvalue weighted by molar-refractivity contribution is -0.149. The molecule has 0 unspecified atom stereocenters. The minimum Gasteiger partial charge on any atom is -0.381 e. The van der Waals surface area contributed by atoms with Crippen LogP contribution in [0.3, 0.4) is 0 Å². The summed E-state index contributed by atoms with van der Waals surface area (Å²) in [5.74, 6) is -7.52. The van der Waals surface area contributed by atoms with Crippen LogP contribution in [0.25, 0.3) is 11.1 Å². The van der Waals surface area contributed by atoms with E-state index in [2.05, 4.69) is 4.72 Å². The fourth-order valence-electron chi connectivity index (χ4n) is 3.88. The Labute approximate surface area is 186 Å². The standard InChI is InChI=1S/C22H23F5N2O2S/c1-21(2,31)20(30)29-11-22(26,27)19(28-32-3)16(29)10-12-6-4-7-13(17(12)24)14-8-5-9-15(23)18(14)25/h4-9,16,19,28,31H,10-11H2,1-3H3/t16-,19+/m0/s1. The van der Waals surface area contributed by atoms with Crippen molar-refractivity contribution in [3.05, 3.63) is 59.4 Å². The van der Waals surface area contributed by atoms with Gasteiger partial charge in [0.1, 0.15) is 17.5 Å². The third-order valence-electron chi connectivity index (χ3n) is 5.40. The third kappa shape index (κ3) is 4.62. The van der Waals surface area contributed by atoms with Gasteiger partial charge in [-0.05, 0) is 38.2 Å². The molecule has 1 aliphatic rings. The first-order valence-electron chi connectivity index (χ1n) is 9.80. The fourth-order valence-corrected chi connectivity index (χ4v) is 4.46. The van der Waals surface area contributed by atoms with Gasteiger partial charge in [-0.25, -0.2) is 22.0 Å². The van der Waals surface area contributed by atoms with Gasteiger partial charge < -0.3 is 10.0 Å². The van der Waals surface area contributed by atoms with Gasteiger partial charge in [-0.15, -0.1) is 0 Å². The number of nitrogens with one attached hydrogen (secondary N) is 1. The molecule has 1 heterocycles. The molecule has 10 heteroatoms. The summed E-state index contributed by atoms with van der Waals surface area (Å²) in [5.41, 5.74) is -2.48. The number of aliphatic hydroxyl groups is 1. The van der Waals surface area contributed by atoms with Gasteiger partial charge in [0.2, 0.25) is 0 Å². The molecule has 0 radical (unpaired) electrons. The summed E-state index contributed by atoms with van der Waals surface area (Å²) in [7, 11) is 0. The highest BCUT2D eigenvalue weighted by Crippen LogP contribution is 2.37. The van der Waals surface area contributed by atoms with E-state index in [1.165, 1.54) is 44.2 Å². The predicted octanol–water partition coefficient (Wildman–Crippen LogP) is 4.17. The Morgan fingerprint density at radius 3 is 2.34 bits per heavy atom. The average Bonchev–Trinajstić information content (AvgIpc) is 2.95. The van der Waals surface area contributed by atoms with E-state index in [4.69, 9.17) is 0 Å². The van der Waals surface area contributed by atoms with Crippen molar-refractivity contribution in [2.24, 2.45) is 0 Å². The quantitative estimate of drug-likeness (QED) is 0.488. The lowest BCUT2D eigenvalue weighted by Gasteiger charge is -2.31. The number of halogens is 5. The highest BCUT2D eigenvalue weighted by molar-refractivity contribution is 7.96. The minimum atomic E-state index is -3.34. The molecule has 32 heavy (non-hydrogen) atoms. The Balaban J connectivity index is 2.04. The molecule has 1 aliphatic heterocycles. The van der Waals surface area contributed by atoms with Crippen molar-refractivity contribution in [1.82, 2.24) is 9.62 Å². The number of likely N-dealkylation sites (tertiary alicyclic amines) is 1. The molecule has 2 aromatic rings. The van der Waals surface area contributed by atoms with Crippen molar-refractivity contribution >= 4 is 17.9 Å². The largest absolute Gasteiger partial charge is 0.381 e. The van der Waals surface area contributed by atoms with Crippen molar-refractivity contribution in [1.29, 1.82) is 0 Å². The Hall–Kier alpha value is -2.17. The zero-order valence-electron chi connectivity index (χ0n) is 17.6. The van der Waals surface area contributed by atoms with E-state index >= 15 is 4.39 Å². The van der Waals surface area contributed by atoms with Crippen LogP contribution in [0.2, 0.25) is 0 Å². The number of benzene rings is 2. The van der Waals surface area contributed by atoms with Crippen LogP contribution >= 0.6 is 11.9 Å². The van der Waals surface area contributed by atoms with Crippen molar-refractivity contribution in [3.63, 3.8) is 0 Å². The summed E-state index contributed by atoms with van der Waals surface area (Å²) in [4.78, 5) is 13.5. The van der Waals surface area contributed by atoms with Crippen molar-refractivity contribution in [2.45, 2.75) is 43.9 Å². The highest BCUT2D eigenvalue weighted by Gasteiger charge is 2.57. The zero-order chi connectivity index (χ0) is 23.8. The molecule has 0 aromatic heterocycles. The van der Waals surface area contributed by atoms with E-state index in [1.807, 2.05) is 0 Å². The zero-order valence-corrected chi connectivity index (χ0v) is 18.5. The maximum atomic E-state index is 15.3. The Morgan fingerprint density at radius 1 is 1.16 bits per heavy atom. The lowest BCUT2D eigenvalue weighted by Crippen LogP contribution is -2.51. The van der Waals surface area contributed by atoms with Crippen LogP contribution in [0.5, 0.6) is 0 Å². The summed E-state index contributed by atoms with van der Waals surface area (Å²) in [6.45, 7) is 1.43. The van der Waals surface area contributed by atoms with Crippen LogP contribution in [-0.4, -0.2) is 52.3 Å². The van der Waals surface area contributed by atoms with Crippen LogP contribution in [0.1, 0.15) is 19.4 Å². The van der Waals surface area contributed by atoms with Gasteiger partial charge in [-0.2, -0.15) is 0 Å². The molecule has 1 amide bonds. The maximum absolute atomic E-state index is 15.3. The number of hydrogen-bond donors (Lipinski definition) is 2. The summed E-state index contributed by atoms with van der Waals surface area (Å²) < 4.78 is 75.3. The molecule has 0 bridgehead atoms. The van der Waals surface area contributed by atoms with Crippen LogP contribution in [0.15, 0.2) is 36.4 Å². The van der Waals surface area contributed by atoms with Gasteiger partial charge in [-0.1, -0.05) is 42.3 Å². The molecule has 0 saturated carbocycles. The number of amides is 1. The molecule has 3 rings (SSSR count). The average molecular weight is 474 g/mol. The lowest BCUT2D eigenvalue weighted by atomic mass is 9.94. The molecule has 2 N–H and O–H groups in total. The van der Waals surface area contributed by atoms with Crippen LogP contribution in [-0.2, 0) is 11.2 Å². The van der Waals surface area contributed by atoms with Gasteiger partial charge in [0.25, 0.3) is 11.8 Å². The molecular formula is C22H23F5N2O2S. The molecule has 0 spiro atoms. The first-order chi connectivity index (χ1) is 14.9. The smallest absolute Gasteiger partial charge is 0.283 e. The molecule has 1 saturated heterocycles. The highest BCUT2D eigenvalue weighted by atomic mass is 32.2. The Kier molecular flexibility index (Phi) is 6.88. The first kappa shape index (κ1) is 24.5. The molecule has 1 fully saturated rings. The summed E-state index contributed by atoms with van der Waals surface area (Å²) in [5, 5.41) is 10.1. The van der Waals surface area contributed by atoms with Gasteiger partial charge in [0.05, 0.1) is 12.6 Å². The second-order valence-corrected chi connectivity index (χ2v) is 8.85.